The second kappa shape index (κ2) is 8.82. The number of carbonyl (C=O) groups is 3. The molecule has 0 N–H and O–H groups in total. The van der Waals surface area contributed by atoms with Crippen molar-refractivity contribution in [1.29, 1.82) is 0 Å². The molecule has 0 spiro atoms. The van der Waals surface area contributed by atoms with Crippen LogP contribution >= 0.6 is 11.6 Å². The number of hydrogen-bond acceptors (Lipinski definition) is 4. The average Bonchev–Trinajstić information content (AvgIpc) is 3.11. The van der Waals surface area contributed by atoms with Gasteiger partial charge >= 0.3 is 6.09 Å². The smallest absolute Gasteiger partial charge is 0.409 e. The lowest BCUT2D eigenvalue weighted by atomic mass is 10.1. The number of amides is 3. The summed E-state index contributed by atoms with van der Waals surface area (Å²) < 4.78 is 5.26. The number of piperazine rings is 1. The molecule has 8 heteroatoms. The van der Waals surface area contributed by atoms with E-state index in [0.29, 0.717) is 62.0 Å². The summed E-state index contributed by atoms with van der Waals surface area (Å²) in [5, 5.41) is 0.490. The SMILES string of the molecule is CC(C)COC(=O)N1CCN(C(=O)c2ccc(Cl)cc2N2CCCC2=O)CC1. The molecule has 152 valence electrons. The summed E-state index contributed by atoms with van der Waals surface area (Å²) in [5.74, 6) is 0.138. The zero-order valence-electron chi connectivity index (χ0n) is 16.3. The number of halogens is 1. The van der Waals surface area contributed by atoms with Crippen molar-refractivity contribution in [2.75, 3.05) is 44.2 Å². The minimum atomic E-state index is -0.337. The molecule has 3 amide bonds. The molecule has 1 aromatic rings. The van der Waals surface area contributed by atoms with E-state index in [1.54, 1.807) is 32.9 Å². The molecule has 2 fully saturated rings. The Labute approximate surface area is 170 Å². The fourth-order valence-corrected chi connectivity index (χ4v) is 3.57. The maximum absolute atomic E-state index is 13.1. The molecular formula is C20H26ClN3O4. The molecule has 28 heavy (non-hydrogen) atoms. The number of anilines is 1. The van der Waals surface area contributed by atoms with E-state index in [4.69, 9.17) is 16.3 Å². The number of carbonyl (C=O) groups excluding carboxylic acids is 3. The summed E-state index contributed by atoms with van der Waals surface area (Å²) >= 11 is 6.12. The fourth-order valence-electron chi connectivity index (χ4n) is 3.40. The Balaban J connectivity index is 1.67. The van der Waals surface area contributed by atoms with Gasteiger partial charge in [0.15, 0.2) is 0 Å². The van der Waals surface area contributed by atoms with E-state index in [-0.39, 0.29) is 23.8 Å². The van der Waals surface area contributed by atoms with Crippen LogP contribution in [0.15, 0.2) is 18.2 Å². The lowest BCUT2D eigenvalue weighted by Crippen LogP contribution is -2.51. The molecule has 7 nitrogen and oxygen atoms in total. The Kier molecular flexibility index (Phi) is 6.44. The Morgan fingerprint density at radius 1 is 1.11 bits per heavy atom. The second-order valence-electron chi connectivity index (χ2n) is 7.56. The standard InChI is InChI=1S/C20H26ClN3O4/c1-14(2)13-28-20(27)23-10-8-22(9-11-23)19(26)16-6-5-15(21)12-17(16)24-7-3-4-18(24)25/h5-6,12,14H,3-4,7-11,13H2,1-2H3. The zero-order chi connectivity index (χ0) is 20.3. The predicted molar refractivity (Wildman–Crippen MR) is 107 cm³/mol. The van der Waals surface area contributed by atoms with E-state index in [9.17, 15) is 14.4 Å². The van der Waals surface area contributed by atoms with Crippen LogP contribution in [0.4, 0.5) is 10.5 Å². The molecule has 0 radical (unpaired) electrons. The van der Waals surface area contributed by atoms with Crippen LogP contribution < -0.4 is 4.90 Å². The van der Waals surface area contributed by atoms with Crippen LogP contribution in [0, 0.1) is 5.92 Å². The van der Waals surface area contributed by atoms with E-state index in [0.717, 1.165) is 6.42 Å². The molecule has 0 unspecified atom stereocenters. The van der Waals surface area contributed by atoms with Gasteiger partial charge in [-0.2, -0.15) is 0 Å². The highest BCUT2D eigenvalue weighted by molar-refractivity contribution is 6.31. The summed E-state index contributed by atoms with van der Waals surface area (Å²) in [6.45, 7) is 6.64. The molecule has 0 aromatic heterocycles. The summed E-state index contributed by atoms with van der Waals surface area (Å²) in [6.07, 6.45) is 0.920. The van der Waals surface area contributed by atoms with Gasteiger partial charge in [-0.3, -0.25) is 9.59 Å². The number of nitrogens with zero attached hydrogens (tertiary/aromatic N) is 3. The van der Waals surface area contributed by atoms with E-state index in [2.05, 4.69) is 0 Å². The van der Waals surface area contributed by atoms with Crippen molar-refractivity contribution < 1.29 is 19.1 Å². The summed E-state index contributed by atoms with van der Waals surface area (Å²) in [7, 11) is 0. The van der Waals surface area contributed by atoms with E-state index in [1.807, 2.05) is 13.8 Å². The van der Waals surface area contributed by atoms with Crippen LogP contribution in [0.25, 0.3) is 0 Å². The van der Waals surface area contributed by atoms with Crippen molar-refractivity contribution in [3.05, 3.63) is 28.8 Å². The fraction of sp³-hybridized carbons (Fsp3) is 0.550. The van der Waals surface area contributed by atoms with Crippen LogP contribution in [0.1, 0.15) is 37.0 Å². The highest BCUT2D eigenvalue weighted by Gasteiger charge is 2.30. The van der Waals surface area contributed by atoms with Crippen molar-refractivity contribution in [3.63, 3.8) is 0 Å². The monoisotopic (exact) mass is 407 g/mol. The number of rotatable bonds is 4. The maximum atomic E-state index is 13.1. The topological polar surface area (TPSA) is 70.2 Å². The first-order valence-electron chi connectivity index (χ1n) is 9.67. The first-order chi connectivity index (χ1) is 13.4. The summed E-state index contributed by atoms with van der Waals surface area (Å²) in [6, 6.07) is 5.02. The van der Waals surface area contributed by atoms with Crippen molar-refractivity contribution >= 4 is 35.2 Å². The van der Waals surface area contributed by atoms with E-state index < -0.39 is 0 Å². The van der Waals surface area contributed by atoms with Gasteiger partial charge < -0.3 is 19.4 Å². The van der Waals surface area contributed by atoms with Gasteiger partial charge in [0.05, 0.1) is 17.9 Å². The van der Waals surface area contributed by atoms with E-state index in [1.165, 1.54) is 0 Å². The molecule has 2 heterocycles. The van der Waals surface area contributed by atoms with E-state index >= 15 is 0 Å². The molecule has 0 aliphatic carbocycles. The van der Waals surface area contributed by atoms with Gasteiger partial charge in [0.25, 0.3) is 5.91 Å². The molecule has 3 rings (SSSR count). The third-order valence-electron chi connectivity index (χ3n) is 4.92. The zero-order valence-corrected chi connectivity index (χ0v) is 17.1. The molecular weight excluding hydrogens is 382 g/mol. The normalized spacial score (nSPS) is 17.4. The summed E-state index contributed by atoms with van der Waals surface area (Å²) in [5.41, 5.74) is 1.04. The largest absolute Gasteiger partial charge is 0.449 e. The average molecular weight is 408 g/mol. The first-order valence-corrected chi connectivity index (χ1v) is 10.1. The van der Waals surface area contributed by atoms with Gasteiger partial charge in [0, 0.05) is 44.2 Å². The number of hydrogen-bond donors (Lipinski definition) is 0. The van der Waals surface area contributed by atoms with Crippen LogP contribution in [-0.2, 0) is 9.53 Å². The van der Waals surface area contributed by atoms with Crippen LogP contribution in [-0.4, -0.2) is 67.0 Å². The van der Waals surface area contributed by atoms with Crippen LogP contribution in [0.5, 0.6) is 0 Å². The number of benzene rings is 1. The third-order valence-corrected chi connectivity index (χ3v) is 5.15. The highest BCUT2D eigenvalue weighted by atomic mass is 35.5. The Morgan fingerprint density at radius 3 is 2.39 bits per heavy atom. The quantitative estimate of drug-likeness (QED) is 0.769. The molecule has 0 atom stereocenters. The molecule has 1 aromatic carbocycles. The Morgan fingerprint density at radius 2 is 1.79 bits per heavy atom. The minimum absolute atomic E-state index is 0.00836. The maximum Gasteiger partial charge on any atom is 0.409 e. The molecule has 2 aliphatic heterocycles. The second-order valence-corrected chi connectivity index (χ2v) is 8.00. The van der Waals surface area contributed by atoms with Crippen molar-refractivity contribution in [3.8, 4) is 0 Å². The van der Waals surface area contributed by atoms with Gasteiger partial charge in [-0.05, 0) is 30.5 Å². The Bertz CT molecular complexity index is 760. The minimum Gasteiger partial charge on any atom is -0.449 e. The molecule has 0 saturated carbocycles. The third kappa shape index (κ3) is 4.58. The summed E-state index contributed by atoms with van der Waals surface area (Å²) in [4.78, 5) is 42.3. The van der Waals surface area contributed by atoms with Gasteiger partial charge in [-0.25, -0.2) is 4.79 Å². The van der Waals surface area contributed by atoms with Crippen molar-refractivity contribution in [1.82, 2.24) is 9.80 Å². The predicted octanol–water partition coefficient (Wildman–Crippen LogP) is 3.02. The first kappa shape index (κ1) is 20.5. The molecule has 2 aliphatic rings. The van der Waals surface area contributed by atoms with Gasteiger partial charge in [-0.1, -0.05) is 25.4 Å². The lowest BCUT2D eigenvalue weighted by molar-refractivity contribution is -0.117. The number of ether oxygens (including phenoxy) is 1. The van der Waals surface area contributed by atoms with Crippen LogP contribution in [0.2, 0.25) is 5.02 Å². The van der Waals surface area contributed by atoms with Crippen LogP contribution in [0.3, 0.4) is 0 Å². The lowest BCUT2D eigenvalue weighted by Gasteiger charge is -2.35. The van der Waals surface area contributed by atoms with Crippen molar-refractivity contribution in [2.45, 2.75) is 26.7 Å². The van der Waals surface area contributed by atoms with Crippen molar-refractivity contribution in [2.24, 2.45) is 5.92 Å². The molecule has 0 bridgehead atoms. The van der Waals surface area contributed by atoms with Gasteiger partial charge in [0.2, 0.25) is 5.91 Å². The molecule has 2 saturated heterocycles. The van der Waals surface area contributed by atoms with Gasteiger partial charge in [0.1, 0.15) is 0 Å². The van der Waals surface area contributed by atoms with Gasteiger partial charge in [-0.15, -0.1) is 0 Å². The highest BCUT2D eigenvalue weighted by Crippen LogP contribution is 2.30. The Hall–Kier alpha value is -2.28.